The summed E-state index contributed by atoms with van der Waals surface area (Å²) in [6.45, 7) is 1.30. The fraction of sp³-hybridized carbons (Fsp3) is 0.526. The van der Waals surface area contributed by atoms with Crippen molar-refractivity contribution < 1.29 is 31.4 Å². The molecule has 0 bridgehead atoms. The number of rotatable bonds is 5. The lowest BCUT2D eigenvalue weighted by Crippen LogP contribution is -2.36. The lowest BCUT2D eigenvalue weighted by atomic mass is 9.83. The number of nitrogens with one attached hydrogen (secondary N) is 2. The first kappa shape index (κ1) is 23.0. The number of anilines is 2. The second-order valence-corrected chi connectivity index (χ2v) is 7.75. The van der Waals surface area contributed by atoms with Crippen LogP contribution in [0.4, 0.5) is 38.1 Å². The quantitative estimate of drug-likeness (QED) is 0.578. The van der Waals surface area contributed by atoms with Crippen LogP contribution in [0.3, 0.4) is 0 Å². The summed E-state index contributed by atoms with van der Waals surface area (Å²) in [5.41, 5.74) is -3.03. The highest BCUT2D eigenvalue weighted by atomic mass is 19.4. The molecule has 1 aliphatic rings. The van der Waals surface area contributed by atoms with Gasteiger partial charge in [0, 0.05) is 36.7 Å². The molecule has 6 nitrogen and oxygen atoms in total. The maximum absolute atomic E-state index is 13.4. The summed E-state index contributed by atoms with van der Waals surface area (Å²) in [5, 5.41) is 15.3. The minimum absolute atomic E-state index is 0.192. The van der Waals surface area contributed by atoms with Gasteiger partial charge in [0.1, 0.15) is 11.4 Å². The van der Waals surface area contributed by atoms with Crippen LogP contribution in [0.15, 0.2) is 24.7 Å². The first-order chi connectivity index (χ1) is 14.4. The molecule has 1 fully saturated rings. The van der Waals surface area contributed by atoms with Crippen molar-refractivity contribution in [3.8, 4) is 0 Å². The Bertz CT molecular complexity index is 905. The molecule has 1 aliphatic carbocycles. The molecule has 3 rings (SSSR count). The Hall–Kier alpha value is -2.63. The van der Waals surface area contributed by atoms with Gasteiger partial charge in [0.15, 0.2) is 0 Å². The van der Waals surface area contributed by atoms with Gasteiger partial charge in [-0.25, -0.2) is 4.98 Å². The third kappa shape index (κ3) is 5.96. The van der Waals surface area contributed by atoms with E-state index in [-0.39, 0.29) is 24.1 Å². The Morgan fingerprint density at radius 3 is 2.32 bits per heavy atom. The van der Waals surface area contributed by atoms with Crippen LogP contribution in [-0.2, 0) is 18.9 Å². The molecular formula is C19H21F6N5O. The van der Waals surface area contributed by atoms with Crippen molar-refractivity contribution in [3.05, 3.63) is 41.3 Å². The summed E-state index contributed by atoms with van der Waals surface area (Å²) < 4.78 is 79.4. The molecule has 0 amide bonds. The van der Waals surface area contributed by atoms with Crippen molar-refractivity contribution in [2.45, 2.75) is 63.1 Å². The molecule has 1 saturated carbocycles. The molecule has 0 aliphatic heterocycles. The van der Waals surface area contributed by atoms with Gasteiger partial charge in [0.05, 0.1) is 11.2 Å². The van der Waals surface area contributed by atoms with Crippen molar-refractivity contribution in [2.24, 2.45) is 0 Å². The van der Waals surface area contributed by atoms with Crippen LogP contribution >= 0.6 is 0 Å². The first-order valence-corrected chi connectivity index (χ1v) is 9.52. The molecule has 0 spiro atoms. The average Bonchev–Trinajstić information content (AvgIpc) is 2.67. The van der Waals surface area contributed by atoms with Crippen LogP contribution in [0, 0.1) is 0 Å². The van der Waals surface area contributed by atoms with Gasteiger partial charge in [-0.1, -0.05) is 0 Å². The molecule has 0 aromatic carbocycles. The number of aromatic nitrogens is 3. The average molecular weight is 449 g/mol. The van der Waals surface area contributed by atoms with Gasteiger partial charge in [0.2, 0.25) is 5.95 Å². The highest BCUT2D eigenvalue weighted by molar-refractivity contribution is 5.49. The largest absolute Gasteiger partial charge is 0.421 e. The Kier molecular flexibility index (Phi) is 6.30. The van der Waals surface area contributed by atoms with Gasteiger partial charge in [-0.15, -0.1) is 0 Å². The van der Waals surface area contributed by atoms with E-state index in [0.29, 0.717) is 31.9 Å². The number of aliphatic hydroxyl groups is 1. The zero-order valence-electron chi connectivity index (χ0n) is 16.5. The maximum atomic E-state index is 13.4. The maximum Gasteiger partial charge on any atom is 0.421 e. The molecule has 170 valence electrons. The topological polar surface area (TPSA) is 83.0 Å². The number of pyridine rings is 1. The predicted octanol–water partition coefficient (Wildman–Crippen LogP) is 4.63. The predicted molar refractivity (Wildman–Crippen MR) is 100 cm³/mol. The first-order valence-electron chi connectivity index (χ1n) is 9.52. The van der Waals surface area contributed by atoms with E-state index in [1.54, 1.807) is 6.92 Å². The van der Waals surface area contributed by atoms with Gasteiger partial charge in [-0.2, -0.15) is 31.3 Å². The van der Waals surface area contributed by atoms with E-state index in [4.69, 9.17) is 0 Å². The standard InChI is InChI=1S/C19H21F6N5O/c1-17(31)5-2-12(3-6-17)29-15-14(19(23,24)25)10-28-16(30-15)27-9-11-8-26-7-4-13(11)18(20,21)22/h4,7-8,10,12,31H,2-3,5-6,9H2,1H3,(H2,27,28,29,30). The minimum Gasteiger partial charge on any atom is -0.390 e. The molecule has 2 heterocycles. The van der Waals surface area contributed by atoms with E-state index in [1.807, 2.05) is 0 Å². The van der Waals surface area contributed by atoms with Crippen LogP contribution in [-0.4, -0.2) is 31.7 Å². The second kappa shape index (κ2) is 8.48. The molecule has 0 radical (unpaired) electrons. The van der Waals surface area contributed by atoms with Gasteiger partial charge in [-0.05, 0) is 38.7 Å². The Balaban J connectivity index is 1.79. The third-order valence-electron chi connectivity index (χ3n) is 5.14. The number of nitrogens with zero attached hydrogens (tertiary/aromatic N) is 3. The monoisotopic (exact) mass is 449 g/mol. The van der Waals surface area contributed by atoms with Crippen LogP contribution in [0.25, 0.3) is 0 Å². The summed E-state index contributed by atoms with van der Waals surface area (Å²) in [6, 6.07) is 0.481. The molecule has 2 aromatic rings. The molecule has 31 heavy (non-hydrogen) atoms. The van der Waals surface area contributed by atoms with Crippen molar-refractivity contribution in [2.75, 3.05) is 10.6 Å². The van der Waals surface area contributed by atoms with E-state index in [1.165, 1.54) is 0 Å². The van der Waals surface area contributed by atoms with Crippen LogP contribution in [0.2, 0.25) is 0 Å². The summed E-state index contributed by atoms with van der Waals surface area (Å²) in [6.07, 6.45) is -4.97. The summed E-state index contributed by atoms with van der Waals surface area (Å²) in [7, 11) is 0. The SMILES string of the molecule is CC1(O)CCC(Nc2nc(NCc3cnccc3C(F)(F)F)ncc2C(F)(F)F)CC1. The van der Waals surface area contributed by atoms with Gasteiger partial charge in [-0.3, -0.25) is 4.98 Å². The van der Waals surface area contributed by atoms with Gasteiger partial charge >= 0.3 is 12.4 Å². The molecular weight excluding hydrogens is 428 g/mol. The normalized spacial score (nSPS) is 22.3. The minimum atomic E-state index is -4.71. The fourth-order valence-corrected chi connectivity index (χ4v) is 3.38. The molecule has 3 N–H and O–H groups in total. The lowest BCUT2D eigenvalue weighted by Gasteiger charge is -2.34. The Labute approximate surface area is 174 Å². The summed E-state index contributed by atoms with van der Waals surface area (Å²) in [4.78, 5) is 11.1. The lowest BCUT2D eigenvalue weighted by molar-refractivity contribution is -0.138. The second-order valence-electron chi connectivity index (χ2n) is 7.75. The van der Waals surface area contributed by atoms with E-state index in [9.17, 15) is 31.4 Å². The molecule has 0 unspecified atom stereocenters. The smallest absolute Gasteiger partial charge is 0.390 e. The van der Waals surface area contributed by atoms with Crippen molar-refractivity contribution in [1.82, 2.24) is 15.0 Å². The van der Waals surface area contributed by atoms with Crippen molar-refractivity contribution >= 4 is 11.8 Å². The molecule has 0 atom stereocenters. The number of alkyl halides is 6. The van der Waals surface area contributed by atoms with Crippen molar-refractivity contribution in [1.29, 1.82) is 0 Å². The van der Waals surface area contributed by atoms with Crippen LogP contribution < -0.4 is 10.6 Å². The highest BCUT2D eigenvalue weighted by Gasteiger charge is 2.37. The van der Waals surface area contributed by atoms with E-state index >= 15 is 0 Å². The summed E-state index contributed by atoms with van der Waals surface area (Å²) >= 11 is 0. The number of halogens is 6. The van der Waals surface area contributed by atoms with E-state index in [0.717, 1.165) is 18.5 Å². The van der Waals surface area contributed by atoms with E-state index in [2.05, 4.69) is 25.6 Å². The third-order valence-corrected chi connectivity index (χ3v) is 5.14. The van der Waals surface area contributed by atoms with Gasteiger partial charge in [0.25, 0.3) is 0 Å². The van der Waals surface area contributed by atoms with E-state index < -0.39 is 34.9 Å². The molecule has 12 heteroatoms. The van der Waals surface area contributed by atoms with Crippen LogP contribution in [0.5, 0.6) is 0 Å². The van der Waals surface area contributed by atoms with Gasteiger partial charge < -0.3 is 15.7 Å². The highest BCUT2D eigenvalue weighted by Crippen LogP contribution is 2.36. The Morgan fingerprint density at radius 1 is 1.06 bits per heavy atom. The Morgan fingerprint density at radius 2 is 1.71 bits per heavy atom. The summed E-state index contributed by atoms with van der Waals surface area (Å²) in [5.74, 6) is -0.714. The van der Waals surface area contributed by atoms with Crippen LogP contribution in [0.1, 0.15) is 49.3 Å². The molecule has 2 aromatic heterocycles. The number of hydrogen-bond acceptors (Lipinski definition) is 6. The number of hydrogen-bond donors (Lipinski definition) is 3. The zero-order valence-corrected chi connectivity index (χ0v) is 16.5. The fourth-order valence-electron chi connectivity index (χ4n) is 3.38. The van der Waals surface area contributed by atoms with Crippen molar-refractivity contribution in [3.63, 3.8) is 0 Å². The molecule has 0 saturated heterocycles. The zero-order chi connectivity index (χ0) is 22.9.